The molecule has 1 aromatic heterocycles. The third-order valence-electron chi connectivity index (χ3n) is 4.43. The lowest BCUT2D eigenvalue weighted by Gasteiger charge is -2.39. The van der Waals surface area contributed by atoms with Gasteiger partial charge in [-0.25, -0.2) is 0 Å². The molecule has 2 fully saturated rings. The van der Waals surface area contributed by atoms with E-state index in [1.54, 1.807) is 19.9 Å². The maximum atomic E-state index is 12.7. The zero-order valence-electron chi connectivity index (χ0n) is 13.0. The zero-order chi connectivity index (χ0) is 15.6. The molecule has 6 nitrogen and oxygen atoms in total. The van der Waals surface area contributed by atoms with Crippen molar-refractivity contribution in [2.45, 2.75) is 6.54 Å². The van der Waals surface area contributed by atoms with E-state index in [9.17, 15) is 8.42 Å². The van der Waals surface area contributed by atoms with Crippen LogP contribution in [0.5, 0.6) is 0 Å². The summed E-state index contributed by atoms with van der Waals surface area (Å²) in [6, 6.07) is 2.14. The highest BCUT2D eigenvalue weighted by Crippen LogP contribution is 2.16. The van der Waals surface area contributed by atoms with Crippen molar-refractivity contribution in [2.75, 3.05) is 59.4 Å². The van der Waals surface area contributed by atoms with Crippen LogP contribution in [0.25, 0.3) is 0 Å². The number of nitrogens with zero attached hydrogens (tertiary/aromatic N) is 4. The van der Waals surface area contributed by atoms with Gasteiger partial charge < -0.3 is 4.90 Å². The highest BCUT2D eigenvalue weighted by Gasteiger charge is 2.33. The number of hydrogen-bond acceptors (Lipinski definition) is 5. The van der Waals surface area contributed by atoms with E-state index in [4.69, 9.17) is 0 Å². The van der Waals surface area contributed by atoms with Crippen LogP contribution in [-0.4, -0.2) is 86.2 Å². The van der Waals surface area contributed by atoms with E-state index < -0.39 is 10.2 Å². The normalized spacial score (nSPS) is 23.9. The van der Waals surface area contributed by atoms with Gasteiger partial charge in [-0.2, -0.15) is 28.4 Å². The summed E-state index contributed by atoms with van der Waals surface area (Å²) < 4.78 is 28.7. The summed E-state index contributed by atoms with van der Waals surface area (Å²) in [6.45, 7) is 6.58. The second-order valence-electron chi connectivity index (χ2n) is 6.02. The van der Waals surface area contributed by atoms with Gasteiger partial charge in [0.05, 0.1) is 0 Å². The first-order valence-corrected chi connectivity index (χ1v) is 10.1. The second kappa shape index (κ2) is 6.94. The van der Waals surface area contributed by atoms with Crippen molar-refractivity contribution < 1.29 is 8.42 Å². The molecule has 2 aliphatic heterocycles. The fourth-order valence-corrected chi connectivity index (χ4v) is 5.18. The Kier molecular flexibility index (Phi) is 5.16. The summed E-state index contributed by atoms with van der Waals surface area (Å²) in [6.07, 6.45) is 0. The molecule has 0 saturated carbocycles. The predicted molar refractivity (Wildman–Crippen MR) is 89.2 cm³/mol. The third-order valence-corrected chi connectivity index (χ3v) is 7.20. The lowest BCUT2D eigenvalue weighted by molar-refractivity contribution is 0.165. The minimum Gasteiger partial charge on any atom is -0.304 e. The van der Waals surface area contributed by atoms with Gasteiger partial charge in [0.2, 0.25) is 0 Å². The molecule has 0 bridgehead atoms. The van der Waals surface area contributed by atoms with Crippen LogP contribution in [-0.2, 0) is 16.8 Å². The van der Waals surface area contributed by atoms with Gasteiger partial charge in [0.1, 0.15) is 0 Å². The van der Waals surface area contributed by atoms with Crippen LogP contribution in [0.4, 0.5) is 0 Å². The fraction of sp³-hybridized carbons (Fsp3) is 0.714. The third kappa shape index (κ3) is 3.69. The molecule has 0 amide bonds. The Labute approximate surface area is 137 Å². The van der Waals surface area contributed by atoms with Crippen molar-refractivity contribution >= 4 is 21.5 Å². The summed E-state index contributed by atoms with van der Waals surface area (Å²) in [5, 5.41) is 4.25. The Morgan fingerprint density at radius 2 is 1.59 bits per heavy atom. The van der Waals surface area contributed by atoms with Crippen molar-refractivity contribution in [3.05, 3.63) is 22.4 Å². The van der Waals surface area contributed by atoms with Crippen LogP contribution in [0.3, 0.4) is 0 Å². The summed E-state index contributed by atoms with van der Waals surface area (Å²) >= 11 is 1.71. The maximum Gasteiger partial charge on any atom is 0.282 e. The van der Waals surface area contributed by atoms with Crippen LogP contribution in [0.15, 0.2) is 16.8 Å². The molecule has 8 heteroatoms. The van der Waals surface area contributed by atoms with Crippen LogP contribution >= 0.6 is 11.3 Å². The van der Waals surface area contributed by atoms with Crippen molar-refractivity contribution in [1.29, 1.82) is 0 Å². The number of likely N-dealkylation sites (N-methyl/N-ethyl adjacent to an activating group) is 1. The molecule has 0 aromatic carbocycles. The van der Waals surface area contributed by atoms with Gasteiger partial charge >= 0.3 is 0 Å². The Balaban J connectivity index is 1.54. The average molecular weight is 345 g/mol. The van der Waals surface area contributed by atoms with E-state index >= 15 is 0 Å². The Morgan fingerprint density at radius 1 is 1.00 bits per heavy atom. The molecular weight excluding hydrogens is 320 g/mol. The highest BCUT2D eigenvalue weighted by molar-refractivity contribution is 7.86. The van der Waals surface area contributed by atoms with E-state index in [2.05, 4.69) is 26.6 Å². The van der Waals surface area contributed by atoms with E-state index in [1.165, 1.54) is 5.56 Å². The zero-order valence-corrected chi connectivity index (χ0v) is 14.7. The monoisotopic (exact) mass is 344 g/mol. The highest BCUT2D eigenvalue weighted by atomic mass is 32.2. The van der Waals surface area contributed by atoms with Crippen molar-refractivity contribution in [3.63, 3.8) is 0 Å². The molecule has 0 atom stereocenters. The van der Waals surface area contributed by atoms with E-state index in [1.807, 2.05) is 7.05 Å². The SMILES string of the molecule is CN1CCN(S(=O)(=O)N2CCN(Cc3ccsc3)CC2)CC1. The Morgan fingerprint density at radius 3 is 2.14 bits per heavy atom. The van der Waals surface area contributed by atoms with Gasteiger partial charge in [0, 0.05) is 58.9 Å². The van der Waals surface area contributed by atoms with E-state index in [0.717, 1.165) is 32.7 Å². The second-order valence-corrected chi connectivity index (χ2v) is 8.73. The lowest BCUT2D eigenvalue weighted by Crippen LogP contribution is -2.56. The minimum absolute atomic E-state index is 0.596. The molecule has 1 aromatic rings. The molecule has 2 saturated heterocycles. The van der Waals surface area contributed by atoms with Crippen LogP contribution in [0.2, 0.25) is 0 Å². The number of piperazine rings is 2. The smallest absolute Gasteiger partial charge is 0.282 e. The van der Waals surface area contributed by atoms with Gasteiger partial charge in [0.25, 0.3) is 10.2 Å². The van der Waals surface area contributed by atoms with Gasteiger partial charge in [0.15, 0.2) is 0 Å². The first-order chi connectivity index (χ1) is 10.6. The predicted octanol–water partition coefficient (Wildman–Crippen LogP) is 0.358. The molecule has 0 unspecified atom stereocenters. The van der Waals surface area contributed by atoms with E-state index in [-0.39, 0.29) is 0 Å². The molecule has 0 N–H and O–H groups in total. The van der Waals surface area contributed by atoms with Crippen molar-refractivity contribution in [2.24, 2.45) is 0 Å². The number of thiophene rings is 1. The van der Waals surface area contributed by atoms with Gasteiger partial charge in [-0.1, -0.05) is 0 Å². The number of hydrogen-bond donors (Lipinski definition) is 0. The summed E-state index contributed by atoms with van der Waals surface area (Å²) in [4.78, 5) is 4.50. The standard InChI is InChI=1S/C14H24N4O2S2/c1-15-3-7-17(8-4-15)22(19,20)18-9-5-16(6-10-18)12-14-2-11-21-13-14/h2,11,13H,3-10,12H2,1H3. The summed E-state index contributed by atoms with van der Waals surface area (Å²) in [5.74, 6) is 0. The molecule has 3 heterocycles. The van der Waals surface area contributed by atoms with E-state index in [0.29, 0.717) is 26.2 Å². The van der Waals surface area contributed by atoms with Gasteiger partial charge in [-0.05, 0) is 29.4 Å². The quantitative estimate of drug-likeness (QED) is 0.791. The molecule has 22 heavy (non-hydrogen) atoms. The molecule has 0 aliphatic carbocycles. The Hall–Kier alpha value is -0.510. The van der Waals surface area contributed by atoms with Gasteiger partial charge in [-0.3, -0.25) is 4.90 Å². The maximum absolute atomic E-state index is 12.7. The molecule has 3 rings (SSSR count). The summed E-state index contributed by atoms with van der Waals surface area (Å²) in [7, 11) is -1.24. The molecular formula is C14H24N4O2S2. The fourth-order valence-electron chi connectivity index (χ4n) is 2.94. The first-order valence-electron chi connectivity index (χ1n) is 7.73. The molecule has 0 radical (unpaired) electrons. The van der Waals surface area contributed by atoms with Crippen molar-refractivity contribution in [3.8, 4) is 0 Å². The molecule has 124 valence electrons. The average Bonchev–Trinajstić information content (AvgIpc) is 3.01. The van der Waals surface area contributed by atoms with Crippen LogP contribution in [0, 0.1) is 0 Å². The largest absolute Gasteiger partial charge is 0.304 e. The van der Waals surface area contributed by atoms with Crippen molar-refractivity contribution in [1.82, 2.24) is 18.4 Å². The minimum atomic E-state index is -3.28. The number of rotatable bonds is 4. The van der Waals surface area contributed by atoms with Crippen LogP contribution < -0.4 is 0 Å². The molecule has 0 spiro atoms. The van der Waals surface area contributed by atoms with Crippen LogP contribution in [0.1, 0.15) is 5.56 Å². The summed E-state index contributed by atoms with van der Waals surface area (Å²) in [5.41, 5.74) is 1.32. The lowest BCUT2D eigenvalue weighted by atomic mass is 10.3. The first kappa shape index (κ1) is 16.4. The Bertz CT molecular complexity index is 560. The van der Waals surface area contributed by atoms with Gasteiger partial charge in [-0.15, -0.1) is 0 Å². The topological polar surface area (TPSA) is 47.1 Å². The molecule has 2 aliphatic rings.